The molecule has 2 fully saturated rings. The molecule has 9 nitrogen and oxygen atoms in total. The van der Waals surface area contributed by atoms with Crippen LogP contribution in [0.3, 0.4) is 0 Å². The van der Waals surface area contributed by atoms with Crippen molar-refractivity contribution in [1.82, 2.24) is 14.8 Å². The van der Waals surface area contributed by atoms with Gasteiger partial charge in [0.2, 0.25) is 11.8 Å². The molecule has 0 aliphatic carbocycles. The lowest BCUT2D eigenvalue weighted by molar-refractivity contribution is -0.156. The lowest BCUT2D eigenvalue weighted by Crippen LogP contribution is -2.63. The Balaban J connectivity index is 1.60. The lowest BCUT2D eigenvalue weighted by Gasteiger charge is -2.41. The summed E-state index contributed by atoms with van der Waals surface area (Å²) in [7, 11) is -2.71. The van der Waals surface area contributed by atoms with Gasteiger partial charge in [-0.1, -0.05) is 54.6 Å². The molecular formula is C28H24N4O5S. The van der Waals surface area contributed by atoms with E-state index in [1.165, 1.54) is 33.3 Å². The summed E-state index contributed by atoms with van der Waals surface area (Å²) in [6.07, 6.45) is -0.856. The number of likely N-dealkylation sites (N-methyl/N-ethyl adjacent to an activating group) is 1. The van der Waals surface area contributed by atoms with E-state index in [2.05, 4.69) is 4.98 Å². The number of carbonyl (C=O) groups excluding carboxylic acids is 2. The van der Waals surface area contributed by atoms with Crippen molar-refractivity contribution in [1.29, 1.82) is 0 Å². The van der Waals surface area contributed by atoms with E-state index in [4.69, 9.17) is 0 Å². The van der Waals surface area contributed by atoms with Gasteiger partial charge in [0.15, 0.2) is 0 Å². The van der Waals surface area contributed by atoms with Crippen molar-refractivity contribution in [2.45, 2.75) is 28.6 Å². The molecule has 4 atom stereocenters. The highest BCUT2D eigenvalue weighted by molar-refractivity contribution is 7.92. The predicted molar refractivity (Wildman–Crippen MR) is 140 cm³/mol. The summed E-state index contributed by atoms with van der Waals surface area (Å²) in [5.41, 5.74) is 0.896. The fraction of sp³-hybridized carbons (Fsp3) is 0.214. The second-order valence-corrected chi connectivity index (χ2v) is 11.8. The molecule has 1 aromatic heterocycles. The number of nitrogens with zero attached hydrogens (tertiary/aromatic N) is 3. The zero-order valence-electron chi connectivity index (χ0n) is 20.4. The molecule has 0 bridgehead atoms. The van der Waals surface area contributed by atoms with Crippen molar-refractivity contribution in [2.75, 3.05) is 17.9 Å². The van der Waals surface area contributed by atoms with Gasteiger partial charge in [-0.15, -0.1) is 0 Å². The van der Waals surface area contributed by atoms with Crippen LogP contribution in [0.4, 0.5) is 5.69 Å². The quantitative estimate of drug-likeness (QED) is 0.423. The maximum atomic E-state index is 14.4. The van der Waals surface area contributed by atoms with Crippen LogP contribution >= 0.6 is 0 Å². The van der Waals surface area contributed by atoms with Crippen LogP contribution in [0, 0.1) is 0 Å². The van der Waals surface area contributed by atoms with E-state index in [0.29, 0.717) is 16.8 Å². The highest BCUT2D eigenvalue weighted by atomic mass is 32.2. The number of aromatic amines is 1. The number of aliphatic hydroxyl groups excluding tert-OH is 1. The fourth-order valence-corrected chi connectivity index (χ4v) is 8.30. The first-order valence-electron chi connectivity index (χ1n) is 12.3. The van der Waals surface area contributed by atoms with Gasteiger partial charge >= 0.3 is 0 Å². The van der Waals surface area contributed by atoms with Crippen LogP contribution in [0.1, 0.15) is 11.1 Å². The number of anilines is 1. The SMILES string of the molecule is CN1CC(=O)N2[C@H](C1=O)[C@@H](O)[C@]1(c3c[nH]c4ccccc34)c3ccccc3N(S(=O)(=O)c3ccccc3)[C@H]21. The van der Waals surface area contributed by atoms with Gasteiger partial charge in [-0.2, -0.15) is 0 Å². The summed E-state index contributed by atoms with van der Waals surface area (Å²) in [5.74, 6) is -0.857. The standard InChI is InChI=1S/C28H24N4O5S/c1-30-16-23(33)31-24(26(30)35)25(34)28(20-15-29-21-13-7-5-11-18(20)21)19-12-6-8-14-22(19)32(27(28)31)38(36,37)17-9-3-2-4-10-17/h2-15,24-25,27,29,34H,16H2,1H3/t24-,25+,27-,28+/m0/s1. The number of amides is 2. The predicted octanol–water partition coefficient (Wildman–Crippen LogP) is 2.03. The molecule has 3 aromatic carbocycles. The molecule has 3 aliphatic rings. The number of H-pyrrole nitrogens is 1. The number of para-hydroxylation sites is 2. The van der Waals surface area contributed by atoms with E-state index in [-0.39, 0.29) is 11.4 Å². The molecule has 192 valence electrons. The Labute approximate surface area is 218 Å². The maximum absolute atomic E-state index is 14.4. The first-order valence-corrected chi connectivity index (χ1v) is 13.7. The van der Waals surface area contributed by atoms with Crippen LogP contribution in [0.5, 0.6) is 0 Å². The van der Waals surface area contributed by atoms with Crippen LogP contribution in [0.15, 0.2) is 90.0 Å². The molecule has 2 amide bonds. The molecule has 10 heteroatoms. The Hall–Kier alpha value is -4.15. The third kappa shape index (κ3) is 2.66. The van der Waals surface area contributed by atoms with Crippen LogP contribution < -0.4 is 4.31 Å². The second kappa shape index (κ2) is 7.68. The number of piperazine rings is 1. The Morgan fingerprint density at radius 3 is 2.39 bits per heavy atom. The zero-order valence-corrected chi connectivity index (χ0v) is 21.2. The van der Waals surface area contributed by atoms with Crippen molar-refractivity contribution in [3.05, 3.63) is 96.2 Å². The van der Waals surface area contributed by atoms with E-state index >= 15 is 0 Å². The number of benzene rings is 3. The smallest absolute Gasteiger partial charge is 0.266 e. The number of carbonyl (C=O) groups is 2. The Bertz CT molecular complexity index is 1740. The molecule has 0 unspecified atom stereocenters. The highest BCUT2D eigenvalue weighted by Crippen LogP contribution is 2.60. The Kier molecular flexibility index (Phi) is 4.65. The minimum atomic E-state index is -4.22. The van der Waals surface area contributed by atoms with Crippen molar-refractivity contribution >= 4 is 38.4 Å². The van der Waals surface area contributed by atoms with Gasteiger partial charge in [-0.25, -0.2) is 12.7 Å². The highest BCUT2D eigenvalue weighted by Gasteiger charge is 2.72. The lowest BCUT2D eigenvalue weighted by atomic mass is 9.70. The fourth-order valence-electron chi connectivity index (χ4n) is 6.63. The van der Waals surface area contributed by atoms with Crippen LogP contribution in [0.25, 0.3) is 10.9 Å². The molecule has 0 saturated carbocycles. The molecule has 3 aliphatic heterocycles. The minimum Gasteiger partial charge on any atom is -0.389 e. The number of aliphatic hydroxyl groups is 1. The van der Waals surface area contributed by atoms with Crippen molar-refractivity contribution in [2.24, 2.45) is 0 Å². The molecule has 0 spiro atoms. The van der Waals surface area contributed by atoms with E-state index < -0.39 is 45.6 Å². The number of rotatable bonds is 3. The Morgan fingerprint density at radius 2 is 1.61 bits per heavy atom. The molecular weight excluding hydrogens is 504 g/mol. The summed E-state index contributed by atoms with van der Waals surface area (Å²) in [6, 6.07) is 21.3. The zero-order chi connectivity index (χ0) is 26.4. The molecule has 7 rings (SSSR count). The van der Waals surface area contributed by atoms with E-state index in [1.54, 1.807) is 48.7 Å². The summed E-state index contributed by atoms with van der Waals surface area (Å²) < 4.78 is 29.9. The second-order valence-electron chi connectivity index (χ2n) is 10.0. The molecule has 2 N–H and O–H groups in total. The number of sulfonamides is 1. The molecule has 4 aromatic rings. The number of nitrogens with one attached hydrogen (secondary N) is 1. The maximum Gasteiger partial charge on any atom is 0.266 e. The van der Waals surface area contributed by atoms with Crippen LogP contribution in [-0.4, -0.2) is 72.0 Å². The summed E-state index contributed by atoms with van der Waals surface area (Å²) in [5, 5.41) is 13.0. The van der Waals surface area contributed by atoms with Gasteiger partial charge in [0.05, 0.1) is 22.5 Å². The van der Waals surface area contributed by atoms with Crippen LogP contribution in [-0.2, 0) is 25.0 Å². The number of hydrogen-bond acceptors (Lipinski definition) is 5. The third-order valence-corrected chi connectivity index (χ3v) is 9.95. The number of fused-ring (bicyclic) bond motifs is 6. The molecule has 2 saturated heterocycles. The van der Waals surface area contributed by atoms with Gasteiger partial charge in [-0.3, -0.25) is 9.59 Å². The molecule has 4 heterocycles. The topological polar surface area (TPSA) is 114 Å². The van der Waals surface area contributed by atoms with Crippen molar-refractivity contribution < 1.29 is 23.1 Å². The van der Waals surface area contributed by atoms with E-state index in [9.17, 15) is 23.1 Å². The average Bonchev–Trinajstić information content (AvgIpc) is 3.56. The van der Waals surface area contributed by atoms with Gasteiger partial charge in [0, 0.05) is 24.1 Å². The Morgan fingerprint density at radius 1 is 0.921 bits per heavy atom. The summed E-state index contributed by atoms with van der Waals surface area (Å²) in [6.45, 7) is -0.210. The van der Waals surface area contributed by atoms with Gasteiger partial charge in [0.1, 0.15) is 18.3 Å². The average molecular weight is 529 g/mol. The van der Waals surface area contributed by atoms with Crippen molar-refractivity contribution in [3.63, 3.8) is 0 Å². The first kappa shape index (κ1) is 23.0. The van der Waals surface area contributed by atoms with E-state index in [1.807, 2.05) is 24.3 Å². The van der Waals surface area contributed by atoms with E-state index in [0.717, 1.165) is 10.9 Å². The third-order valence-electron chi connectivity index (χ3n) is 8.17. The molecule has 0 radical (unpaired) electrons. The number of aromatic nitrogens is 1. The van der Waals surface area contributed by atoms with Gasteiger partial charge < -0.3 is 19.9 Å². The van der Waals surface area contributed by atoms with Gasteiger partial charge in [-0.05, 0) is 35.4 Å². The van der Waals surface area contributed by atoms with Crippen LogP contribution in [0.2, 0.25) is 0 Å². The monoisotopic (exact) mass is 528 g/mol. The minimum absolute atomic E-state index is 0.0513. The first-order chi connectivity index (χ1) is 18.3. The van der Waals surface area contributed by atoms with Crippen molar-refractivity contribution in [3.8, 4) is 0 Å². The molecule has 38 heavy (non-hydrogen) atoms. The summed E-state index contributed by atoms with van der Waals surface area (Å²) >= 11 is 0. The number of hydrogen-bond donors (Lipinski definition) is 2. The normalized spacial score (nSPS) is 26.6. The van der Waals surface area contributed by atoms with Gasteiger partial charge in [0.25, 0.3) is 10.0 Å². The largest absolute Gasteiger partial charge is 0.389 e. The summed E-state index contributed by atoms with van der Waals surface area (Å²) in [4.78, 5) is 33.0.